The molecule has 0 unspecified atom stereocenters. The number of rotatable bonds is 1. The van der Waals surface area contributed by atoms with E-state index in [9.17, 15) is 10.1 Å². The number of hydroxylamine groups is 2. The highest BCUT2D eigenvalue weighted by molar-refractivity contribution is 5.36. The molecule has 0 aliphatic carbocycles. The first-order chi connectivity index (χ1) is 8.18. The molecule has 4 nitrogen and oxygen atoms in total. The van der Waals surface area contributed by atoms with Gasteiger partial charge in [-0.15, -0.1) is 0 Å². The van der Waals surface area contributed by atoms with E-state index in [0.717, 1.165) is 9.82 Å². The second kappa shape index (κ2) is 4.76. The molecular weight excluding hydrogens is 216 g/mol. The monoisotopic (exact) mass is 228 g/mol. The Kier molecular flexibility index (Phi) is 3.16. The summed E-state index contributed by atoms with van der Waals surface area (Å²) in [6, 6.07) is 0. The van der Waals surface area contributed by atoms with Gasteiger partial charge in [0.05, 0.1) is 4.76 Å². The third-order valence-electron chi connectivity index (χ3n) is 2.44. The molecule has 4 heteroatoms. The van der Waals surface area contributed by atoms with E-state index in [-0.39, 0.29) is 0 Å². The van der Waals surface area contributed by atoms with E-state index in [1.165, 1.54) is 6.20 Å². The normalized spacial score (nSPS) is 23.8. The van der Waals surface area contributed by atoms with Gasteiger partial charge < -0.3 is 10.3 Å². The third-order valence-corrected chi connectivity index (χ3v) is 2.44. The van der Waals surface area contributed by atoms with E-state index >= 15 is 0 Å². The number of nitroso groups, excluding NO2 is 1. The Balaban J connectivity index is 2.22. The van der Waals surface area contributed by atoms with Crippen LogP contribution in [0.3, 0.4) is 0 Å². The minimum Gasteiger partial charge on any atom is -0.754 e. The average molecular weight is 228 g/mol. The molecule has 0 spiro atoms. The zero-order valence-electron chi connectivity index (χ0n) is 9.41. The molecule has 2 rings (SSSR count). The van der Waals surface area contributed by atoms with E-state index < -0.39 is 0 Å². The Morgan fingerprint density at radius 1 is 1.24 bits per heavy atom. The molecule has 0 amide bonds. The second-order valence-corrected chi connectivity index (χ2v) is 3.67. The molecule has 86 valence electrons. The molecular formula is C13H12N2O2. The van der Waals surface area contributed by atoms with E-state index in [2.05, 4.69) is 0 Å². The molecule has 0 saturated heterocycles. The minimum atomic E-state index is 0.494. The van der Waals surface area contributed by atoms with Crippen LogP contribution in [-0.4, -0.2) is 9.82 Å². The number of hydrogen-bond acceptors (Lipinski definition) is 3. The smallest absolute Gasteiger partial charge is 0.262 e. The molecule has 0 N–H and O–H groups in total. The molecule has 0 atom stereocenters. The van der Waals surface area contributed by atoms with Crippen molar-refractivity contribution in [2.24, 2.45) is 0 Å². The van der Waals surface area contributed by atoms with Gasteiger partial charge in [0.2, 0.25) is 6.20 Å². The van der Waals surface area contributed by atoms with Crippen molar-refractivity contribution in [3.05, 3.63) is 82.0 Å². The second-order valence-electron chi connectivity index (χ2n) is 3.67. The minimum absolute atomic E-state index is 0.494. The average Bonchev–Trinajstić information content (AvgIpc) is 2.33. The lowest BCUT2D eigenvalue weighted by atomic mass is 10.2. The maximum absolute atomic E-state index is 11.7. The van der Waals surface area contributed by atoms with Gasteiger partial charge in [-0.2, -0.15) is 0 Å². The van der Waals surface area contributed by atoms with Crippen molar-refractivity contribution < 1.29 is 4.76 Å². The van der Waals surface area contributed by atoms with Gasteiger partial charge in [0.15, 0.2) is 0 Å². The van der Waals surface area contributed by atoms with Crippen LogP contribution >= 0.6 is 0 Å². The van der Waals surface area contributed by atoms with Gasteiger partial charge in [0.25, 0.3) is 5.70 Å². The summed E-state index contributed by atoms with van der Waals surface area (Å²) in [5.41, 5.74) is 1.62. The first-order valence-electron chi connectivity index (χ1n) is 5.24. The summed E-state index contributed by atoms with van der Waals surface area (Å²) in [5, 5.41) is 12.5. The van der Waals surface area contributed by atoms with Crippen molar-refractivity contribution in [1.82, 2.24) is 5.06 Å². The number of nitrogens with zero attached hydrogens (tertiary/aromatic N) is 2. The fourth-order valence-corrected chi connectivity index (χ4v) is 1.49. The van der Waals surface area contributed by atoms with Crippen molar-refractivity contribution in [3.8, 4) is 0 Å². The zero-order valence-corrected chi connectivity index (χ0v) is 9.41. The van der Waals surface area contributed by atoms with Crippen LogP contribution in [0.1, 0.15) is 6.92 Å². The summed E-state index contributed by atoms with van der Waals surface area (Å²) in [6.07, 6.45) is 15.0. The molecule has 0 aromatic heterocycles. The summed E-state index contributed by atoms with van der Waals surface area (Å²) < 4.78 is 0.751. The van der Waals surface area contributed by atoms with Gasteiger partial charge >= 0.3 is 0 Å². The Bertz CT molecular complexity index is 520. The third kappa shape index (κ3) is 2.49. The van der Waals surface area contributed by atoms with Crippen LogP contribution in [0, 0.1) is 10.1 Å². The highest BCUT2D eigenvalue weighted by Crippen LogP contribution is 2.18. The van der Waals surface area contributed by atoms with Crippen LogP contribution in [0.5, 0.6) is 0 Å². The molecule has 0 saturated carbocycles. The fraction of sp³-hybridized carbons (Fsp3) is 0.0769. The Labute approximate surface area is 99.4 Å². The molecule has 2 aliphatic rings. The summed E-state index contributed by atoms with van der Waals surface area (Å²) in [5.74, 6) is 0. The Hall–Kier alpha value is -2.20. The summed E-state index contributed by atoms with van der Waals surface area (Å²) >= 11 is 0. The predicted octanol–water partition coefficient (Wildman–Crippen LogP) is 2.89. The molecule has 0 bridgehead atoms. The van der Waals surface area contributed by atoms with Crippen LogP contribution in [0.4, 0.5) is 0 Å². The van der Waals surface area contributed by atoms with Crippen molar-refractivity contribution in [1.29, 1.82) is 0 Å². The van der Waals surface area contributed by atoms with E-state index in [4.69, 9.17) is 0 Å². The van der Waals surface area contributed by atoms with Crippen LogP contribution in [0.15, 0.2) is 71.9 Å². The van der Waals surface area contributed by atoms with Crippen molar-refractivity contribution in [2.45, 2.75) is 6.92 Å². The maximum atomic E-state index is 11.7. The molecule has 0 aromatic carbocycles. The van der Waals surface area contributed by atoms with E-state index in [0.29, 0.717) is 17.1 Å². The van der Waals surface area contributed by atoms with Crippen LogP contribution in [0.2, 0.25) is 0 Å². The van der Waals surface area contributed by atoms with Gasteiger partial charge in [-0.25, -0.2) is 0 Å². The highest BCUT2D eigenvalue weighted by Gasteiger charge is 2.12. The summed E-state index contributed by atoms with van der Waals surface area (Å²) in [6.45, 7) is 1.74. The van der Waals surface area contributed by atoms with Gasteiger partial charge in [0.1, 0.15) is 0 Å². The van der Waals surface area contributed by atoms with Gasteiger partial charge in [-0.05, 0) is 31.2 Å². The first-order valence-corrected chi connectivity index (χ1v) is 5.24. The number of hydrogen-bond donors (Lipinski definition) is 0. The van der Waals surface area contributed by atoms with E-state index in [1.54, 1.807) is 55.5 Å². The molecule has 0 fully saturated rings. The first kappa shape index (κ1) is 11.3. The van der Waals surface area contributed by atoms with E-state index in [1.807, 2.05) is 0 Å². The lowest BCUT2D eigenvalue weighted by Crippen LogP contribution is -2.13. The quantitative estimate of drug-likeness (QED) is 0.648. The molecule has 0 aromatic rings. The lowest BCUT2D eigenvalue weighted by molar-refractivity contribution is -0.419. The number of allylic oxidation sites excluding steroid dienone is 9. The SMILES string of the molecule is CC1=CC=CC(=CC=C2C=CC=C[N+]2=O)N1[O-]. The van der Waals surface area contributed by atoms with Crippen molar-refractivity contribution >= 4 is 0 Å². The van der Waals surface area contributed by atoms with Gasteiger partial charge in [-0.1, -0.05) is 6.08 Å². The summed E-state index contributed by atoms with van der Waals surface area (Å²) in [7, 11) is 0. The fourth-order valence-electron chi connectivity index (χ4n) is 1.49. The Morgan fingerprint density at radius 3 is 2.82 bits per heavy atom. The standard InChI is InChI=1S/C13H12N2O2/c1-11-5-4-7-13(15(11)17)9-8-12-6-2-3-10-14(12)16/h2-10H,1H3. The lowest BCUT2D eigenvalue weighted by Gasteiger charge is -2.34. The van der Waals surface area contributed by atoms with Gasteiger partial charge in [-0.3, -0.25) is 0 Å². The maximum Gasteiger partial charge on any atom is 0.262 e. The van der Waals surface area contributed by atoms with Crippen LogP contribution in [-0.2, 0) is 0 Å². The van der Waals surface area contributed by atoms with Crippen molar-refractivity contribution in [2.75, 3.05) is 0 Å². The highest BCUT2D eigenvalue weighted by atomic mass is 16.5. The predicted molar refractivity (Wildman–Crippen MR) is 66.2 cm³/mol. The Morgan fingerprint density at radius 2 is 2.06 bits per heavy atom. The molecule has 17 heavy (non-hydrogen) atoms. The topological polar surface area (TPSA) is 46.4 Å². The molecule has 2 aliphatic heterocycles. The molecule has 2 heterocycles. The molecule has 0 radical (unpaired) electrons. The van der Waals surface area contributed by atoms with Crippen molar-refractivity contribution in [3.63, 3.8) is 0 Å². The zero-order chi connectivity index (χ0) is 12.3. The summed E-state index contributed by atoms with van der Waals surface area (Å²) in [4.78, 5) is 11.4. The van der Waals surface area contributed by atoms with Gasteiger partial charge in [0, 0.05) is 34.5 Å². The van der Waals surface area contributed by atoms with Crippen LogP contribution < -0.4 is 0 Å². The van der Waals surface area contributed by atoms with Crippen LogP contribution in [0.25, 0.3) is 0 Å². The largest absolute Gasteiger partial charge is 0.754 e.